The third-order valence-electron chi connectivity index (χ3n) is 2.33. The lowest BCUT2D eigenvalue weighted by molar-refractivity contribution is -0.128. The Hall–Kier alpha value is -2.35. The Kier molecular flexibility index (Phi) is 3.36. The van der Waals surface area contributed by atoms with Gasteiger partial charge in [-0.3, -0.25) is 0 Å². The van der Waals surface area contributed by atoms with Gasteiger partial charge in [0.05, 0.1) is 0 Å². The summed E-state index contributed by atoms with van der Waals surface area (Å²) >= 11 is 0. The van der Waals surface area contributed by atoms with Crippen molar-refractivity contribution in [2.24, 2.45) is 0 Å². The Morgan fingerprint density at radius 2 is 1.71 bits per heavy atom. The number of benzene rings is 2. The van der Waals surface area contributed by atoms with Gasteiger partial charge in [-0.1, -0.05) is 49.0 Å². The van der Waals surface area contributed by atoms with Crippen LogP contribution >= 0.6 is 0 Å². The standard InChI is InChI=1S/C15H12O2/c1-2-15(16)17-14-10-6-9-13(11-14)12-7-4-3-5-8-12/h2-11H,1H2. The minimum atomic E-state index is -0.449. The average molecular weight is 224 g/mol. The first kappa shape index (κ1) is 11.1. The molecule has 0 aliphatic heterocycles. The van der Waals surface area contributed by atoms with Crippen molar-refractivity contribution >= 4 is 5.97 Å². The highest BCUT2D eigenvalue weighted by atomic mass is 16.5. The third-order valence-corrected chi connectivity index (χ3v) is 2.33. The number of carbonyl (C=O) groups is 1. The van der Waals surface area contributed by atoms with Crippen LogP contribution in [0, 0.1) is 0 Å². The molecule has 2 aromatic rings. The molecule has 0 radical (unpaired) electrons. The SMILES string of the molecule is C=CC(=O)Oc1cccc(-c2ccccc2)c1. The molecule has 2 nitrogen and oxygen atoms in total. The van der Waals surface area contributed by atoms with Crippen LogP contribution in [0.15, 0.2) is 67.3 Å². The van der Waals surface area contributed by atoms with Crippen molar-refractivity contribution < 1.29 is 9.53 Å². The summed E-state index contributed by atoms with van der Waals surface area (Å²) in [6, 6.07) is 17.3. The Labute approximate surface area is 100 Å². The van der Waals surface area contributed by atoms with E-state index in [4.69, 9.17) is 4.74 Å². The van der Waals surface area contributed by atoms with Gasteiger partial charge in [0.2, 0.25) is 0 Å². The Morgan fingerprint density at radius 3 is 2.41 bits per heavy atom. The van der Waals surface area contributed by atoms with Crippen LogP contribution in [-0.4, -0.2) is 5.97 Å². The van der Waals surface area contributed by atoms with Gasteiger partial charge in [0.25, 0.3) is 0 Å². The van der Waals surface area contributed by atoms with Crippen LogP contribution < -0.4 is 4.74 Å². The van der Waals surface area contributed by atoms with Gasteiger partial charge in [0.15, 0.2) is 0 Å². The van der Waals surface area contributed by atoms with Crippen molar-refractivity contribution in [1.82, 2.24) is 0 Å². The van der Waals surface area contributed by atoms with E-state index in [9.17, 15) is 4.79 Å². The minimum Gasteiger partial charge on any atom is -0.423 e. The fourth-order valence-corrected chi connectivity index (χ4v) is 1.53. The molecular weight excluding hydrogens is 212 g/mol. The molecule has 0 unspecified atom stereocenters. The van der Waals surface area contributed by atoms with Gasteiger partial charge in [-0.2, -0.15) is 0 Å². The van der Waals surface area contributed by atoms with E-state index in [1.54, 1.807) is 6.07 Å². The maximum atomic E-state index is 11.1. The first-order valence-electron chi connectivity index (χ1n) is 5.29. The van der Waals surface area contributed by atoms with Crippen molar-refractivity contribution in [1.29, 1.82) is 0 Å². The number of esters is 1. The maximum absolute atomic E-state index is 11.1. The Bertz CT molecular complexity index is 530. The lowest BCUT2D eigenvalue weighted by Crippen LogP contribution is -2.02. The highest BCUT2D eigenvalue weighted by molar-refractivity contribution is 5.83. The van der Waals surface area contributed by atoms with E-state index in [-0.39, 0.29) is 0 Å². The van der Waals surface area contributed by atoms with Gasteiger partial charge in [0.1, 0.15) is 5.75 Å². The molecule has 0 N–H and O–H groups in total. The molecule has 0 aliphatic rings. The first-order chi connectivity index (χ1) is 8.29. The number of hydrogen-bond acceptors (Lipinski definition) is 2. The second-order valence-corrected chi connectivity index (χ2v) is 3.52. The zero-order valence-electron chi connectivity index (χ0n) is 9.30. The van der Waals surface area contributed by atoms with Crippen molar-refractivity contribution in [3.63, 3.8) is 0 Å². The van der Waals surface area contributed by atoms with Crippen LogP contribution in [0.4, 0.5) is 0 Å². The Morgan fingerprint density at radius 1 is 1.00 bits per heavy atom. The van der Waals surface area contributed by atoms with Crippen molar-refractivity contribution in [2.75, 3.05) is 0 Å². The fraction of sp³-hybridized carbons (Fsp3) is 0. The smallest absolute Gasteiger partial charge is 0.335 e. The summed E-state index contributed by atoms with van der Waals surface area (Å²) in [4.78, 5) is 11.1. The van der Waals surface area contributed by atoms with E-state index in [2.05, 4.69) is 6.58 Å². The highest BCUT2D eigenvalue weighted by Crippen LogP contribution is 2.23. The molecule has 0 spiro atoms. The number of hydrogen-bond donors (Lipinski definition) is 0. The molecule has 0 bridgehead atoms. The van der Waals surface area contributed by atoms with Crippen molar-refractivity contribution in [2.45, 2.75) is 0 Å². The molecule has 0 saturated heterocycles. The zero-order valence-corrected chi connectivity index (χ0v) is 9.30. The van der Waals surface area contributed by atoms with Crippen LogP contribution in [0.2, 0.25) is 0 Å². The molecule has 0 atom stereocenters. The largest absolute Gasteiger partial charge is 0.423 e. The average Bonchev–Trinajstić information content (AvgIpc) is 2.40. The Balaban J connectivity index is 2.29. The van der Waals surface area contributed by atoms with Gasteiger partial charge < -0.3 is 4.74 Å². The van der Waals surface area contributed by atoms with Crippen LogP contribution in [-0.2, 0) is 4.79 Å². The second kappa shape index (κ2) is 5.12. The normalized spacial score (nSPS) is 9.65. The summed E-state index contributed by atoms with van der Waals surface area (Å²) in [5.74, 6) is 0.0754. The number of carbonyl (C=O) groups excluding carboxylic acids is 1. The molecule has 2 rings (SSSR count). The van der Waals surface area contributed by atoms with E-state index in [0.717, 1.165) is 17.2 Å². The fourth-order valence-electron chi connectivity index (χ4n) is 1.53. The molecule has 0 heterocycles. The molecule has 0 fully saturated rings. The molecule has 0 saturated carbocycles. The van der Waals surface area contributed by atoms with Gasteiger partial charge in [-0.15, -0.1) is 0 Å². The molecule has 0 amide bonds. The summed E-state index contributed by atoms with van der Waals surface area (Å²) in [5, 5.41) is 0. The highest BCUT2D eigenvalue weighted by Gasteiger charge is 2.02. The zero-order chi connectivity index (χ0) is 12.1. The molecule has 2 heteroatoms. The molecule has 0 aromatic heterocycles. The molecule has 2 aromatic carbocycles. The second-order valence-electron chi connectivity index (χ2n) is 3.52. The third kappa shape index (κ3) is 2.82. The van der Waals surface area contributed by atoms with Crippen LogP contribution in [0.5, 0.6) is 5.75 Å². The van der Waals surface area contributed by atoms with E-state index >= 15 is 0 Å². The van der Waals surface area contributed by atoms with Gasteiger partial charge in [0, 0.05) is 6.08 Å². The minimum absolute atomic E-state index is 0.449. The predicted octanol–water partition coefficient (Wildman–Crippen LogP) is 3.45. The summed E-state index contributed by atoms with van der Waals surface area (Å²) in [7, 11) is 0. The molecule has 17 heavy (non-hydrogen) atoms. The van der Waals surface area contributed by atoms with Crippen molar-refractivity contribution in [3.8, 4) is 16.9 Å². The predicted molar refractivity (Wildman–Crippen MR) is 67.7 cm³/mol. The monoisotopic (exact) mass is 224 g/mol. The van der Waals surface area contributed by atoms with E-state index < -0.39 is 5.97 Å². The van der Waals surface area contributed by atoms with Crippen LogP contribution in [0.1, 0.15) is 0 Å². The lowest BCUT2D eigenvalue weighted by atomic mass is 10.1. The molecular formula is C15H12O2. The quantitative estimate of drug-likeness (QED) is 0.453. The van der Waals surface area contributed by atoms with E-state index in [0.29, 0.717) is 5.75 Å². The summed E-state index contributed by atoms with van der Waals surface area (Å²) in [6.45, 7) is 3.36. The van der Waals surface area contributed by atoms with Gasteiger partial charge >= 0.3 is 5.97 Å². The summed E-state index contributed by atoms with van der Waals surface area (Å²) in [6.07, 6.45) is 1.15. The number of ether oxygens (including phenoxy) is 1. The number of rotatable bonds is 3. The van der Waals surface area contributed by atoms with Crippen molar-refractivity contribution in [3.05, 3.63) is 67.3 Å². The summed E-state index contributed by atoms with van der Waals surface area (Å²) in [5.41, 5.74) is 2.10. The van der Waals surface area contributed by atoms with E-state index in [1.165, 1.54) is 0 Å². The van der Waals surface area contributed by atoms with Gasteiger partial charge in [-0.25, -0.2) is 4.79 Å². The molecule has 84 valence electrons. The molecule has 0 aliphatic carbocycles. The maximum Gasteiger partial charge on any atom is 0.335 e. The lowest BCUT2D eigenvalue weighted by Gasteiger charge is -2.05. The van der Waals surface area contributed by atoms with Gasteiger partial charge in [-0.05, 0) is 23.3 Å². The van der Waals surface area contributed by atoms with Crippen LogP contribution in [0.25, 0.3) is 11.1 Å². The van der Waals surface area contributed by atoms with E-state index in [1.807, 2.05) is 48.5 Å². The first-order valence-corrected chi connectivity index (χ1v) is 5.29. The topological polar surface area (TPSA) is 26.3 Å². The summed E-state index contributed by atoms with van der Waals surface area (Å²) < 4.78 is 5.07. The van der Waals surface area contributed by atoms with Crippen LogP contribution in [0.3, 0.4) is 0 Å².